The molecule has 0 saturated carbocycles. The Kier molecular flexibility index (Phi) is 4.06. The van der Waals surface area contributed by atoms with Crippen LogP contribution in [0.25, 0.3) is 11.2 Å². The molecule has 1 aliphatic rings. The number of rotatable bonds is 4. The molecule has 5 atom stereocenters. The number of imidazole rings is 1. The fraction of sp³-hybridized carbons (Fsp3) is 0.500. The number of hydrogen-bond acceptors (Lipinski definition) is 10. The molecule has 3 heterocycles. The van der Waals surface area contributed by atoms with E-state index in [-0.39, 0.29) is 17.0 Å². The van der Waals surface area contributed by atoms with Crippen LogP contribution in [0.15, 0.2) is 12.7 Å². The molecule has 0 amide bonds. The zero-order valence-corrected chi connectivity index (χ0v) is 12.4. The van der Waals surface area contributed by atoms with Crippen LogP contribution in [0.3, 0.4) is 0 Å². The zero-order valence-electron chi connectivity index (χ0n) is 11.5. The molecule has 1 aliphatic heterocycles. The Hall–Kier alpha value is -1.66. The minimum atomic E-state index is -4.97. The van der Waals surface area contributed by atoms with Crippen molar-refractivity contribution in [1.29, 1.82) is 0 Å². The summed E-state index contributed by atoms with van der Waals surface area (Å²) in [4.78, 5) is 31.0. The van der Waals surface area contributed by atoms with E-state index in [0.29, 0.717) is 0 Å². The number of aliphatic hydroxyl groups excluding tert-OH is 2. The monoisotopic (exact) mass is 346 g/mol. The standard InChI is InChI=1S/C10H14N5O7P/c11-8-5-9(13-2-12-8)15(3-14-5)10-7(17)6(16)4(22-10)1-21-23(18,19)20/h2-4,6-7,10,16-17H,1H2,(H2,11,12,13)(H2,18,19,20)/p-1/t4-,6-,7-,10-/m1/s1. The van der Waals surface area contributed by atoms with Crippen molar-refractivity contribution in [3.8, 4) is 0 Å². The topological polar surface area (TPSA) is 189 Å². The van der Waals surface area contributed by atoms with Gasteiger partial charge in [0.15, 0.2) is 17.7 Å². The highest BCUT2D eigenvalue weighted by atomic mass is 31.2. The van der Waals surface area contributed by atoms with Crippen molar-refractivity contribution in [1.82, 2.24) is 19.5 Å². The summed E-state index contributed by atoms with van der Waals surface area (Å²) in [6, 6.07) is 0. The van der Waals surface area contributed by atoms with Crippen molar-refractivity contribution in [3.63, 3.8) is 0 Å². The predicted molar refractivity (Wildman–Crippen MR) is 71.4 cm³/mol. The van der Waals surface area contributed by atoms with Crippen molar-refractivity contribution in [2.75, 3.05) is 12.3 Å². The number of phosphoric ester groups is 1. The fourth-order valence-electron chi connectivity index (χ4n) is 2.32. The van der Waals surface area contributed by atoms with E-state index in [1.54, 1.807) is 0 Å². The molecule has 0 bridgehead atoms. The van der Waals surface area contributed by atoms with Crippen molar-refractivity contribution in [2.45, 2.75) is 24.5 Å². The molecule has 0 radical (unpaired) electrons. The van der Waals surface area contributed by atoms with Crippen LogP contribution in [0.1, 0.15) is 6.23 Å². The third-order valence-corrected chi connectivity index (χ3v) is 3.88. The van der Waals surface area contributed by atoms with Crippen LogP contribution < -0.4 is 10.6 Å². The van der Waals surface area contributed by atoms with E-state index >= 15 is 0 Å². The van der Waals surface area contributed by atoms with Crippen LogP contribution >= 0.6 is 7.82 Å². The van der Waals surface area contributed by atoms with E-state index in [4.69, 9.17) is 15.4 Å². The van der Waals surface area contributed by atoms with Crippen molar-refractivity contribution in [3.05, 3.63) is 12.7 Å². The number of phosphoric acid groups is 1. The number of nitrogens with zero attached hydrogens (tertiary/aromatic N) is 4. The molecular weight excluding hydrogens is 333 g/mol. The van der Waals surface area contributed by atoms with Gasteiger partial charge in [-0.2, -0.15) is 0 Å². The Morgan fingerprint density at radius 3 is 2.83 bits per heavy atom. The SMILES string of the molecule is Nc1ncnc2c1ncn2[C@@H]1O[C@H](COP(=O)([O-])O)[C@@H](O)[C@H]1O. The van der Waals surface area contributed by atoms with Crippen LogP contribution in [0.5, 0.6) is 0 Å². The summed E-state index contributed by atoms with van der Waals surface area (Å²) >= 11 is 0. The Morgan fingerprint density at radius 1 is 1.39 bits per heavy atom. The summed E-state index contributed by atoms with van der Waals surface area (Å²) in [5.74, 6) is 0.134. The van der Waals surface area contributed by atoms with E-state index < -0.39 is 39.0 Å². The molecule has 3 rings (SSSR count). The minimum absolute atomic E-state index is 0.134. The Bertz CT molecular complexity index is 763. The summed E-state index contributed by atoms with van der Waals surface area (Å²) in [5, 5.41) is 20.0. The summed E-state index contributed by atoms with van der Waals surface area (Å²) in [6.45, 7) is -0.657. The lowest BCUT2D eigenvalue weighted by atomic mass is 10.1. The molecule has 2 aromatic rings. The lowest BCUT2D eigenvalue weighted by molar-refractivity contribution is -0.222. The van der Waals surface area contributed by atoms with Gasteiger partial charge < -0.3 is 35.0 Å². The predicted octanol–water partition coefficient (Wildman–Crippen LogP) is -2.49. The number of nitrogens with two attached hydrogens (primary N) is 1. The van der Waals surface area contributed by atoms with Gasteiger partial charge in [-0.05, 0) is 0 Å². The van der Waals surface area contributed by atoms with Gasteiger partial charge in [-0.25, -0.2) is 15.0 Å². The highest BCUT2D eigenvalue weighted by Gasteiger charge is 2.44. The molecule has 0 aromatic carbocycles. The van der Waals surface area contributed by atoms with Crippen LogP contribution in [0, 0.1) is 0 Å². The lowest BCUT2D eigenvalue weighted by Gasteiger charge is -2.20. The van der Waals surface area contributed by atoms with Gasteiger partial charge in [0.2, 0.25) is 0 Å². The average Bonchev–Trinajstić information content (AvgIpc) is 3.01. The molecule has 23 heavy (non-hydrogen) atoms. The maximum absolute atomic E-state index is 10.6. The van der Waals surface area contributed by atoms with Crippen LogP contribution in [-0.2, 0) is 13.8 Å². The van der Waals surface area contributed by atoms with Gasteiger partial charge >= 0.3 is 0 Å². The number of anilines is 1. The maximum atomic E-state index is 10.6. The van der Waals surface area contributed by atoms with Gasteiger partial charge in [-0.1, -0.05) is 0 Å². The number of nitrogen functional groups attached to an aromatic ring is 1. The van der Waals surface area contributed by atoms with Crippen LogP contribution in [0.4, 0.5) is 5.82 Å². The Labute approximate surface area is 128 Å². The second-order valence-electron chi connectivity index (χ2n) is 4.89. The quantitative estimate of drug-likeness (QED) is 0.428. The van der Waals surface area contributed by atoms with Crippen LogP contribution in [0.2, 0.25) is 0 Å². The smallest absolute Gasteiger partial charge is 0.265 e. The molecule has 1 saturated heterocycles. The van der Waals surface area contributed by atoms with Gasteiger partial charge in [-0.3, -0.25) is 9.13 Å². The number of aromatic nitrogens is 4. The number of ether oxygens (including phenoxy) is 1. The van der Waals surface area contributed by atoms with E-state index in [0.717, 1.165) is 0 Å². The van der Waals surface area contributed by atoms with E-state index in [1.807, 2.05) is 0 Å². The second-order valence-corrected chi connectivity index (χ2v) is 6.09. The molecule has 2 aromatic heterocycles. The van der Waals surface area contributed by atoms with Gasteiger partial charge in [0.1, 0.15) is 30.2 Å². The largest absolute Gasteiger partial charge is 0.756 e. The highest BCUT2D eigenvalue weighted by molar-refractivity contribution is 7.44. The van der Waals surface area contributed by atoms with Crippen molar-refractivity contribution < 1.29 is 33.8 Å². The first kappa shape index (κ1) is 16.2. The second kappa shape index (κ2) is 5.76. The van der Waals surface area contributed by atoms with Crippen molar-refractivity contribution in [2.24, 2.45) is 0 Å². The van der Waals surface area contributed by atoms with E-state index in [9.17, 15) is 19.7 Å². The average molecular weight is 346 g/mol. The number of aliphatic hydroxyl groups is 2. The molecule has 0 aliphatic carbocycles. The molecular formula is C10H13N5O7P-. The first-order valence-corrected chi connectivity index (χ1v) is 7.90. The molecule has 12 nitrogen and oxygen atoms in total. The molecule has 1 unspecified atom stereocenters. The third-order valence-electron chi connectivity index (χ3n) is 3.40. The van der Waals surface area contributed by atoms with Gasteiger partial charge in [0, 0.05) is 0 Å². The number of hydrogen-bond donors (Lipinski definition) is 4. The number of fused-ring (bicyclic) bond motifs is 1. The molecule has 1 fully saturated rings. The van der Waals surface area contributed by atoms with Gasteiger partial charge in [-0.15, -0.1) is 0 Å². The van der Waals surface area contributed by atoms with E-state index in [1.165, 1.54) is 17.2 Å². The molecule has 5 N–H and O–H groups in total. The minimum Gasteiger partial charge on any atom is -0.756 e. The highest BCUT2D eigenvalue weighted by Crippen LogP contribution is 2.36. The third kappa shape index (κ3) is 3.05. The van der Waals surface area contributed by atoms with Gasteiger partial charge in [0.05, 0.1) is 12.9 Å². The van der Waals surface area contributed by atoms with Gasteiger partial charge in [0.25, 0.3) is 7.82 Å². The van der Waals surface area contributed by atoms with Crippen LogP contribution in [-0.4, -0.2) is 59.5 Å². The van der Waals surface area contributed by atoms with E-state index in [2.05, 4.69) is 19.5 Å². The fourth-order valence-corrected chi connectivity index (χ4v) is 2.66. The zero-order chi connectivity index (χ0) is 16.8. The Morgan fingerprint density at radius 2 is 2.13 bits per heavy atom. The summed E-state index contributed by atoms with van der Waals surface area (Å²) in [6.07, 6.45) is -2.62. The maximum Gasteiger partial charge on any atom is 0.265 e. The summed E-state index contributed by atoms with van der Waals surface area (Å²) in [7, 11) is -4.97. The lowest BCUT2D eigenvalue weighted by Crippen LogP contribution is -2.34. The normalized spacial score (nSPS) is 30.6. The first-order chi connectivity index (χ1) is 10.8. The summed E-state index contributed by atoms with van der Waals surface area (Å²) < 4.78 is 21.5. The molecule has 13 heteroatoms. The Balaban J connectivity index is 1.85. The first-order valence-electron chi connectivity index (χ1n) is 6.41. The summed E-state index contributed by atoms with van der Waals surface area (Å²) in [5.41, 5.74) is 6.22. The molecule has 126 valence electrons. The molecule has 0 spiro atoms. The van der Waals surface area contributed by atoms with Crippen molar-refractivity contribution >= 4 is 24.8 Å².